The fourth-order valence-electron chi connectivity index (χ4n) is 3.02. The minimum absolute atomic E-state index is 0.00663. The summed E-state index contributed by atoms with van der Waals surface area (Å²) in [5, 5.41) is 12.9. The topological polar surface area (TPSA) is 95.5 Å². The average molecular weight is 612 g/mol. The number of carboxylic acids is 1. The van der Waals surface area contributed by atoms with Gasteiger partial charge in [0, 0.05) is 16.3 Å². The first-order chi connectivity index (χ1) is 17.3. The van der Waals surface area contributed by atoms with Crippen LogP contribution in [0.15, 0.2) is 53.4 Å². The third-order valence-electron chi connectivity index (χ3n) is 4.64. The normalized spacial score (nSPS) is 11.2. The molecule has 0 aliphatic heterocycles. The minimum Gasteiger partial charge on any atom is -0.478 e. The largest absolute Gasteiger partial charge is 0.478 e. The Hall–Kier alpha value is -2.63. The fourth-order valence-corrected chi connectivity index (χ4v) is 4.80. The van der Waals surface area contributed by atoms with Crippen molar-refractivity contribution in [1.82, 2.24) is 0 Å². The molecule has 194 valence electrons. The molecule has 3 N–H and O–H groups in total. The summed E-state index contributed by atoms with van der Waals surface area (Å²) < 4.78 is 38.5. The van der Waals surface area contributed by atoms with E-state index in [4.69, 9.17) is 46.4 Å². The number of alkyl halides is 3. The molecule has 0 aliphatic rings. The number of rotatable bonds is 7. The molecule has 0 atom stereocenters. The van der Waals surface area contributed by atoms with Crippen LogP contribution in [0.5, 0.6) is 0 Å². The smallest absolute Gasteiger partial charge is 0.416 e. The third kappa shape index (κ3) is 7.03. The Bertz CT molecular complexity index is 1400. The van der Waals surface area contributed by atoms with Crippen molar-refractivity contribution in [2.24, 2.45) is 0 Å². The molecule has 14 heteroatoms. The Morgan fingerprint density at radius 2 is 1.38 bits per heavy atom. The highest BCUT2D eigenvalue weighted by molar-refractivity contribution is 8.00. The molecule has 3 aromatic carbocycles. The number of halogens is 7. The standard InChI is InChI=1S/C23H13Cl4F3N2O4S/c24-17-15(16(22(35)36)18(25)20(27)19(17)26)21(34)32-12-5-2-6-13(8-12)37-9-14(33)31-11-4-1-3-10(7-11)23(28,29)30/h1-8H,9H2,(H,31,33)(H,32,34)(H,35,36). The van der Waals surface area contributed by atoms with Crippen LogP contribution in [0, 0.1) is 0 Å². The van der Waals surface area contributed by atoms with Gasteiger partial charge in [-0.3, -0.25) is 9.59 Å². The van der Waals surface area contributed by atoms with E-state index in [1.165, 1.54) is 24.3 Å². The van der Waals surface area contributed by atoms with Gasteiger partial charge >= 0.3 is 12.1 Å². The van der Waals surface area contributed by atoms with Crippen molar-refractivity contribution in [3.8, 4) is 0 Å². The van der Waals surface area contributed by atoms with Gasteiger partial charge in [-0.05, 0) is 36.4 Å². The van der Waals surface area contributed by atoms with Crippen LogP contribution in [-0.2, 0) is 11.0 Å². The van der Waals surface area contributed by atoms with Crippen LogP contribution in [0.25, 0.3) is 0 Å². The van der Waals surface area contributed by atoms with Crippen molar-refractivity contribution in [3.05, 3.63) is 85.3 Å². The van der Waals surface area contributed by atoms with Crippen LogP contribution in [0.2, 0.25) is 20.1 Å². The lowest BCUT2D eigenvalue weighted by molar-refractivity contribution is -0.137. The molecule has 2 amide bonds. The minimum atomic E-state index is -4.54. The maximum atomic E-state index is 12.9. The number of carbonyl (C=O) groups excluding carboxylic acids is 2. The Morgan fingerprint density at radius 1 is 0.811 bits per heavy atom. The lowest BCUT2D eigenvalue weighted by Gasteiger charge is -2.14. The molecule has 0 spiro atoms. The number of amides is 2. The van der Waals surface area contributed by atoms with E-state index < -0.39 is 50.7 Å². The average Bonchev–Trinajstić information content (AvgIpc) is 2.83. The fraction of sp³-hybridized carbons (Fsp3) is 0.0870. The van der Waals surface area contributed by atoms with Crippen molar-refractivity contribution < 1.29 is 32.7 Å². The van der Waals surface area contributed by atoms with E-state index in [9.17, 15) is 32.7 Å². The lowest BCUT2D eigenvalue weighted by atomic mass is 10.1. The molecule has 0 bridgehead atoms. The molecule has 6 nitrogen and oxygen atoms in total. The van der Waals surface area contributed by atoms with E-state index in [1.807, 2.05) is 0 Å². The summed E-state index contributed by atoms with van der Waals surface area (Å²) in [5.74, 6) is -3.17. The summed E-state index contributed by atoms with van der Waals surface area (Å²) in [6.45, 7) is 0. The van der Waals surface area contributed by atoms with Gasteiger partial charge in [0.05, 0.1) is 42.5 Å². The van der Waals surface area contributed by atoms with E-state index in [1.54, 1.807) is 12.1 Å². The number of thioether (sulfide) groups is 1. The number of hydrogen-bond donors (Lipinski definition) is 3. The van der Waals surface area contributed by atoms with Gasteiger partial charge in [0.2, 0.25) is 5.91 Å². The van der Waals surface area contributed by atoms with Gasteiger partial charge in [0.25, 0.3) is 5.91 Å². The van der Waals surface area contributed by atoms with Gasteiger partial charge < -0.3 is 15.7 Å². The Kier molecular flexibility index (Phi) is 9.25. The predicted octanol–water partition coefficient (Wildman–Crippen LogP) is 8.00. The van der Waals surface area contributed by atoms with Gasteiger partial charge in [0.1, 0.15) is 0 Å². The summed E-state index contributed by atoms with van der Waals surface area (Å²) in [6, 6.07) is 10.4. The first-order valence-corrected chi connectivity index (χ1v) is 12.4. The number of carboxylic acid groups (broad SMARTS) is 1. The molecule has 0 heterocycles. The number of aromatic carboxylic acids is 1. The summed E-state index contributed by atoms with van der Waals surface area (Å²) >= 11 is 25.0. The number of carbonyl (C=O) groups is 3. The van der Waals surface area contributed by atoms with Crippen molar-refractivity contribution in [2.75, 3.05) is 16.4 Å². The first kappa shape index (κ1) is 28.9. The number of benzene rings is 3. The molecule has 0 aliphatic carbocycles. The molecule has 0 radical (unpaired) electrons. The Balaban J connectivity index is 1.72. The zero-order chi connectivity index (χ0) is 27.5. The number of nitrogens with one attached hydrogen (secondary N) is 2. The van der Waals surface area contributed by atoms with Crippen LogP contribution in [0.1, 0.15) is 26.3 Å². The predicted molar refractivity (Wildman–Crippen MR) is 139 cm³/mol. The van der Waals surface area contributed by atoms with E-state index in [2.05, 4.69) is 10.6 Å². The quantitative estimate of drug-likeness (QED) is 0.143. The monoisotopic (exact) mass is 610 g/mol. The third-order valence-corrected chi connectivity index (χ3v) is 7.44. The van der Waals surface area contributed by atoms with Crippen LogP contribution >= 0.6 is 58.2 Å². The van der Waals surface area contributed by atoms with Crippen LogP contribution in [-0.4, -0.2) is 28.6 Å². The summed E-state index contributed by atoms with van der Waals surface area (Å²) in [5.41, 5.74) is -1.80. The zero-order valence-corrected chi connectivity index (χ0v) is 21.9. The number of anilines is 2. The molecule has 37 heavy (non-hydrogen) atoms. The number of hydrogen-bond acceptors (Lipinski definition) is 4. The molecule has 0 fully saturated rings. The molecule has 0 saturated carbocycles. The molecule has 0 aromatic heterocycles. The van der Waals surface area contributed by atoms with E-state index in [-0.39, 0.29) is 27.2 Å². The van der Waals surface area contributed by atoms with Crippen molar-refractivity contribution >= 4 is 87.3 Å². The second-order valence-corrected chi connectivity index (χ2v) is 9.77. The van der Waals surface area contributed by atoms with Crippen LogP contribution in [0.4, 0.5) is 24.5 Å². The molecule has 0 saturated heterocycles. The summed E-state index contributed by atoms with van der Waals surface area (Å²) in [4.78, 5) is 37.3. The summed E-state index contributed by atoms with van der Waals surface area (Å²) in [6.07, 6.45) is -4.54. The summed E-state index contributed by atoms with van der Waals surface area (Å²) in [7, 11) is 0. The van der Waals surface area contributed by atoms with Crippen LogP contribution in [0.3, 0.4) is 0 Å². The van der Waals surface area contributed by atoms with E-state index in [0.29, 0.717) is 4.90 Å². The van der Waals surface area contributed by atoms with Crippen molar-refractivity contribution in [2.45, 2.75) is 11.1 Å². The van der Waals surface area contributed by atoms with Gasteiger partial charge in [-0.2, -0.15) is 13.2 Å². The van der Waals surface area contributed by atoms with Crippen molar-refractivity contribution in [1.29, 1.82) is 0 Å². The maximum Gasteiger partial charge on any atom is 0.416 e. The highest BCUT2D eigenvalue weighted by Crippen LogP contribution is 2.42. The molecular formula is C23H13Cl4F3N2O4S. The van der Waals surface area contributed by atoms with E-state index >= 15 is 0 Å². The first-order valence-electron chi connectivity index (χ1n) is 9.90. The second-order valence-electron chi connectivity index (χ2n) is 7.21. The zero-order valence-electron chi connectivity index (χ0n) is 18.1. The lowest BCUT2D eigenvalue weighted by Crippen LogP contribution is -2.18. The highest BCUT2D eigenvalue weighted by Gasteiger charge is 2.31. The SMILES string of the molecule is O=C(CSc1cccc(NC(=O)c2c(Cl)c(Cl)c(Cl)c(Cl)c2C(=O)O)c1)Nc1cccc(C(F)(F)F)c1. The molecular weight excluding hydrogens is 599 g/mol. The van der Waals surface area contributed by atoms with Gasteiger partial charge in [-0.15, -0.1) is 11.8 Å². The Morgan fingerprint density at radius 3 is 1.97 bits per heavy atom. The van der Waals surface area contributed by atoms with Crippen molar-refractivity contribution in [3.63, 3.8) is 0 Å². The van der Waals surface area contributed by atoms with Gasteiger partial charge in [-0.1, -0.05) is 58.5 Å². The molecule has 3 rings (SSSR count). The van der Waals surface area contributed by atoms with Gasteiger partial charge in [-0.25, -0.2) is 4.79 Å². The maximum absolute atomic E-state index is 12.9. The molecule has 0 unspecified atom stereocenters. The van der Waals surface area contributed by atoms with Gasteiger partial charge in [0.15, 0.2) is 0 Å². The van der Waals surface area contributed by atoms with E-state index in [0.717, 1.165) is 23.9 Å². The Labute approximate surface area is 232 Å². The second kappa shape index (κ2) is 11.8. The van der Waals surface area contributed by atoms with Crippen LogP contribution < -0.4 is 10.6 Å². The molecule has 3 aromatic rings. The highest BCUT2D eigenvalue weighted by atomic mass is 35.5.